The van der Waals surface area contributed by atoms with E-state index in [1.165, 1.54) is 19.1 Å². The number of fused-ring (bicyclic) bond motifs is 2. The van der Waals surface area contributed by atoms with Gasteiger partial charge >= 0.3 is 0 Å². The molecule has 2 aromatic rings. The van der Waals surface area contributed by atoms with Crippen molar-refractivity contribution in [2.24, 2.45) is 0 Å². The van der Waals surface area contributed by atoms with Crippen LogP contribution in [0.4, 0.5) is 5.69 Å². The van der Waals surface area contributed by atoms with E-state index in [1.54, 1.807) is 22.5 Å². The first kappa shape index (κ1) is 21.1. The number of carbonyl (C=O) groups excluding carboxylic acids is 2. The third-order valence-electron chi connectivity index (χ3n) is 6.49. The molecule has 0 radical (unpaired) electrons. The van der Waals surface area contributed by atoms with Crippen LogP contribution in [0.1, 0.15) is 67.6 Å². The van der Waals surface area contributed by atoms with Crippen LogP contribution in [0.15, 0.2) is 39.8 Å². The fraction of sp³-hybridized carbons (Fsp3) is 0.500. The van der Waals surface area contributed by atoms with Crippen LogP contribution in [0.3, 0.4) is 0 Å². The molecule has 9 nitrogen and oxygen atoms in total. The van der Waals surface area contributed by atoms with Crippen molar-refractivity contribution < 1.29 is 22.5 Å². The molecule has 2 aliphatic heterocycles. The van der Waals surface area contributed by atoms with Gasteiger partial charge in [0.2, 0.25) is 15.9 Å². The number of benzene rings is 1. The molecule has 1 saturated carbocycles. The Morgan fingerprint density at radius 2 is 1.72 bits per heavy atom. The lowest BCUT2D eigenvalue weighted by atomic mass is 9.99. The zero-order valence-corrected chi connectivity index (χ0v) is 18.6. The number of nitrogens with zero attached hydrogens (tertiary/aromatic N) is 2. The van der Waals surface area contributed by atoms with Gasteiger partial charge in [0.05, 0.1) is 4.90 Å². The van der Waals surface area contributed by atoms with E-state index in [0.717, 1.165) is 31.4 Å². The second-order valence-corrected chi connectivity index (χ2v) is 10.8. The largest absolute Gasteiger partial charge is 0.360 e. The fourth-order valence-corrected chi connectivity index (χ4v) is 6.79. The van der Waals surface area contributed by atoms with Gasteiger partial charge in [-0.05, 0) is 62.8 Å². The highest BCUT2D eigenvalue weighted by Crippen LogP contribution is 2.41. The van der Waals surface area contributed by atoms with Crippen molar-refractivity contribution in [3.05, 3.63) is 41.8 Å². The third kappa shape index (κ3) is 4.04. The monoisotopic (exact) mass is 458 g/mol. The molecule has 3 fully saturated rings. The summed E-state index contributed by atoms with van der Waals surface area (Å²) in [4.78, 5) is 24.0. The lowest BCUT2D eigenvalue weighted by molar-refractivity contribution is -0.114. The van der Waals surface area contributed by atoms with Gasteiger partial charge in [0.25, 0.3) is 5.91 Å². The minimum atomic E-state index is -3.67. The van der Waals surface area contributed by atoms with Crippen molar-refractivity contribution in [2.75, 3.05) is 5.32 Å². The maximum absolute atomic E-state index is 13.3. The number of piperidine rings is 1. The first-order valence-corrected chi connectivity index (χ1v) is 12.4. The van der Waals surface area contributed by atoms with Crippen LogP contribution in [0, 0.1) is 0 Å². The molecule has 3 aliphatic rings. The second kappa shape index (κ2) is 8.00. The third-order valence-corrected chi connectivity index (χ3v) is 8.51. The number of anilines is 1. The number of hydrogen-bond acceptors (Lipinski definition) is 6. The summed E-state index contributed by atoms with van der Waals surface area (Å²) in [5.74, 6) is 0.674. The van der Waals surface area contributed by atoms with Crippen molar-refractivity contribution in [1.29, 1.82) is 0 Å². The Morgan fingerprint density at radius 1 is 1.06 bits per heavy atom. The molecule has 1 aromatic heterocycles. The number of carbonyl (C=O) groups is 2. The van der Waals surface area contributed by atoms with Crippen LogP contribution in [0.25, 0.3) is 0 Å². The number of sulfonamides is 1. The highest BCUT2D eigenvalue weighted by Gasteiger charge is 2.47. The predicted octanol–water partition coefficient (Wildman–Crippen LogP) is 2.62. The van der Waals surface area contributed by atoms with Gasteiger partial charge in [0.15, 0.2) is 5.69 Å². The van der Waals surface area contributed by atoms with E-state index in [1.807, 2.05) is 0 Å². The van der Waals surface area contributed by atoms with Crippen molar-refractivity contribution in [1.82, 2.24) is 14.8 Å². The van der Waals surface area contributed by atoms with Gasteiger partial charge in [-0.15, -0.1) is 0 Å². The Kier molecular flexibility index (Phi) is 5.29. The zero-order chi connectivity index (χ0) is 22.5. The van der Waals surface area contributed by atoms with Crippen LogP contribution in [-0.2, 0) is 14.8 Å². The summed E-state index contributed by atoms with van der Waals surface area (Å²) in [5.41, 5.74) is 0.840. The quantitative estimate of drug-likeness (QED) is 0.686. The molecule has 170 valence electrons. The number of hydrogen-bond donors (Lipinski definition) is 2. The van der Waals surface area contributed by atoms with Crippen LogP contribution >= 0.6 is 0 Å². The summed E-state index contributed by atoms with van der Waals surface area (Å²) in [5, 5.41) is 9.56. The van der Waals surface area contributed by atoms with Gasteiger partial charge in [-0.25, -0.2) is 8.42 Å². The minimum Gasteiger partial charge on any atom is -0.360 e. The molecule has 2 amide bonds. The second-order valence-electron chi connectivity index (χ2n) is 8.96. The molecule has 0 unspecified atom stereocenters. The van der Waals surface area contributed by atoms with Gasteiger partial charge in [-0.3, -0.25) is 9.59 Å². The normalized spacial score (nSPS) is 25.5. The smallest absolute Gasteiger partial charge is 0.273 e. The molecule has 2 N–H and O–H groups in total. The van der Waals surface area contributed by atoms with Crippen molar-refractivity contribution >= 4 is 27.5 Å². The van der Waals surface area contributed by atoms with Gasteiger partial charge in [0, 0.05) is 42.7 Å². The molecule has 32 heavy (non-hydrogen) atoms. The topological polar surface area (TPSA) is 122 Å². The molecule has 10 heteroatoms. The summed E-state index contributed by atoms with van der Waals surface area (Å²) in [7, 11) is -3.67. The van der Waals surface area contributed by atoms with E-state index < -0.39 is 10.0 Å². The lowest BCUT2D eigenvalue weighted by Crippen LogP contribution is -2.52. The first-order valence-electron chi connectivity index (χ1n) is 11.0. The average Bonchev–Trinajstić information content (AvgIpc) is 3.40. The fourth-order valence-electron chi connectivity index (χ4n) is 4.90. The van der Waals surface area contributed by atoms with Crippen molar-refractivity contribution in [3.63, 3.8) is 0 Å². The molecule has 2 saturated heterocycles. The molecule has 1 aliphatic carbocycles. The van der Waals surface area contributed by atoms with Gasteiger partial charge in [0.1, 0.15) is 5.76 Å². The molecule has 2 bridgehead atoms. The standard InChI is InChI=1S/C22H26N4O5S/c1-13(27)23-15-4-8-19(9-5-15)32(29,30)26-17-6-7-18(26)11-16(10-17)24-22(28)20-12-21(31-25-20)14-2-3-14/h4-5,8-9,12,14,16-18H,2-3,6-7,10-11H2,1H3,(H,23,27)(H,24,28)/t16-,17+,18-. The Balaban J connectivity index is 1.26. The highest BCUT2D eigenvalue weighted by molar-refractivity contribution is 7.89. The molecule has 5 rings (SSSR count). The molecule has 3 heterocycles. The van der Waals surface area contributed by atoms with E-state index >= 15 is 0 Å². The summed E-state index contributed by atoms with van der Waals surface area (Å²) < 4.78 is 33.6. The Morgan fingerprint density at radius 3 is 2.31 bits per heavy atom. The molecule has 0 spiro atoms. The minimum absolute atomic E-state index is 0.102. The molecule has 3 atom stereocenters. The number of rotatable bonds is 6. The van der Waals surface area contributed by atoms with E-state index in [4.69, 9.17) is 4.52 Å². The van der Waals surface area contributed by atoms with Crippen molar-refractivity contribution in [3.8, 4) is 0 Å². The lowest BCUT2D eigenvalue weighted by Gasteiger charge is -2.38. The van der Waals surface area contributed by atoms with Crippen LogP contribution < -0.4 is 10.6 Å². The Hall–Kier alpha value is -2.72. The predicted molar refractivity (Wildman–Crippen MR) is 116 cm³/mol. The van der Waals surface area contributed by atoms with Crippen LogP contribution in [0.5, 0.6) is 0 Å². The van der Waals surface area contributed by atoms with Gasteiger partial charge < -0.3 is 15.2 Å². The summed E-state index contributed by atoms with van der Waals surface area (Å²) >= 11 is 0. The Bertz CT molecular complexity index is 1130. The Labute approximate surface area is 186 Å². The van der Waals surface area contributed by atoms with Crippen LogP contribution in [-0.4, -0.2) is 47.8 Å². The van der Waals surface area contributed by atoms with E-state index in [-0.39, 0.29) is 40.5 Å². The maximum Gasteiger partial charge on any atom is 0.273 e. The SMILES string of the molecule is CC(=O)Nc1ccc(S(=O)(=O)N2[C@@H]3CC[C@H]2C[C@@H](NC(=O)c2cc(C4CC4)on2)C3)cc1. The summed E-state index contributed by atoms with van der Waals surface area (Å²) in [6, 6.07) is 7.54. The number of nitrogens with one attached hydrogen (secondary N) is 2. The van der Waals surface area contributed by atoms with Gasteiger partial charge in [-0.1, -0.05) is 5.16 Å². The molecular weight excluding hydrogens is 432 g/mol. The summed E-state index contributed by atoms with van der Waals surface area (Å²) in [6.45, 7) is 1.40. The maximum atomic E-state index is 13.3. The van der Waals surface area contributed by atoms with E-state index in [0.29, 0.717) is 24.4 Å². The number of aromatic nitrogens is 1. The highest BCUT2D eigenvalue weighted by atomic mass is 32.2. The molecular formula is C22H26N4O5S. The van der Waals surface area contributed by atoms with Gasteiger partial charge in [-0.2, -0.15) is 4.31 Å². The first-order chi connectivity index (χ1) is 15.3. The molecule has 1 aromatic carbocycles. The number of amides is 2. The van der Waals surface area contributed by atoms with Crippen molar-refractivity contribution in [2.45, 2.75) is 74.4 Å². The van der Waals surface area contributed by atoms with E-state index in [9.17, 15) is 18.0 Å². The van der Waals surface area contributed by atoms with E-state index in [2.05, 4.69) is 15.8 Å². The van der Waals surface area contributed by atoms with Crippen LogP contribution in [0.2, 0.25) is 0 Å². The average molecular weight is 459 g/mol. The summed E-state index contributed by atoms with van der Waals surface area (Å²) in [6.07, 6.45) is 4.83. The zero-order valence-electron chi connectivity index (χ0n) is 17.8.